The van der Waals surface area contributed by atoms with Gasteiger partial charge in [0.05, 0.1) is 45.7 Å². The van der Waals surface area contributed by atoms with Crippen LogP contribution in [0, 0.1) is 0 Å². The van der Waals surface area contributed by atoms with Crippen LogP contribution in [0.4, 0.5) is 0 Å². The number of hydrogen-bond acceptors (Lipinski definition) is 6. The van der Waals surface area contributed by atoms with Gasteiger partial charge < -0.3 is 28.7 Å². The Kier molecular flexibility index (Phi) is 24.9. The van der Waals surface area contributed by atoms with Crippen molar-refractivity contribution < 1.29 is 37.8 Å². The van der Waals surface area contributed by atoms with E-state index in [1.807, 2.05) is 30.3 Å². The molecular weight excluding hydrogens is 531 g/mol. The van der Waals surface area contributed by atoms with Gasteiger partial charge >= 0.3 is 7.82 Å². The van der Waals surface area contributed by atoms with Crippen molar-refractivity contribution in [3.63, 3.8) is 0 Å². The fraction of sp³-hybridized carbons (Fsp3) is 0.806. The van der Waals surface area contributed by atoms with Crippen LogP contribution in [0.3, 0.4) is 0 Å². The molecule has 0 saturated heterocycles. The molecule has 1 atom stereocenters. The van der Waals surface area contributed by atoms with Crippen LogP contribution in [0.1, 0.15) is 110 Å². The summed E-state index contributed by atoms with van der Waals surface area (Å²) in [5.41, 5.74) is 0. The number of hydrogen-bond donors (Lipinski definition) is 2. The van der Waals surface area contributed by atoms with Crippen molar-refractivity contribution >= 4 is 7.82 Å². The second-order valence-corrected chi connectivity index (χ2v) is 11.6. The minimum atomic E-state index is -4.55. The lowest BCUT2D eigenvalue weighted by molar-refractivity contribution is -0.0136. The van der Waals surface area contributed by atoms with Gasteiger partial charge in [-0.3, -0.25) is 4.52 Å². The second-order valence-electron chi connectivity index (χ2n) is 10.4. The lowest BCUT2D eigenvalue weighted by Gasteiger charge is -2.18. The van der Waals surface area contributed by atoms with E-state index in [0.717, 1.165) is 25.0 Å². The number of benzene rings is 1. The number of unbranched alkanes of at least 4 members (excludes halogenated alkanes) is 14. The molecule has 0 bridgehead atoms. The highest BCUT2D eigenvalue weighted by Gasteiger charge is 2.22. The number of ether oxygens (including phenoxy) is 4. The van der Waals surface area contributed by atoms with Crippen LogP contribution in [0.5, 0.6) is 5.75 Å². The Bertz CT molecular complexity index is 700. The Morgan fingerprint density at radius 1 is 0.625 bits per heavy atom. The molecule has 234 valence electrons. The molecule has 0 radical (unpaired) electrons. The number of phosphoric ester groups is 1. The van der Waals surface area contributed by atoms with E-state index in [4.69, 9.17) is 23.5 Å². The molecular formula is C31H57O8P. The summed E-state index contributed by atoms with van der Waals surface area (Å²) in [6.45, 7) is 4.97. The first-order valence-corrected chi connectivity index (χ1v) is 17.2. The van der Waals surface area contributed by atoms with Gasteiger partial charge in [0.2, 0.25) is 0 Å². The van der Waals surface area contributed by atoms with Gasteiger partial charge in [0.25, 0.3) is 0 Å². The van der Waals surface area contributed by atoms with Crippen LogP contribution < -0.4 is 4.74 Å². The van der Waals surface area contributed by atoms with E-state index in [1.165, 1.54) is 77.0 Å². The molecule has 1 aromatic rings. The standard InChI is InChI=1S/C31H57O8P/c1-2-3-4-5-6-7-8-9-10-11-12-13-14-15-17-22-31(39-40(32,33)34)29-37-26-25-35-23-24-36-27-28-38-30-20-18-16-19-21-30/h16,18-21,31H,2-15,17,22-29H2,1H3,(H2,32,33,34). The summed E-state index contributed by atoms with van der Waals surface area (Å²) in [6.07, 6.45) is 19.2. The molecule has 0 amide bonds. The molecule has 0 saturated carbocycles. The van der Waals surface area contributed by atoms with Gasteiger partial charge in [-0.15, -0.1) is 0 Å². The van der Waals surface area contributed by atoms with Crippen LogP contribution >= 0.6 is 7.82 Å². The molecule has 0 fully saturated rings. The SMILES string of the molecule is CCCCCCCCCCCCCCCCCC(COCCOCCOCCOc1ccccc1)OP(=O)(O)O. The summed E-state index contributed by atoms with van der Waals surface area (Å²) < 4.78 is 38.3. The van der Waals surface area contributed by atoms with E-state index in [0.29, 0.717) is 46.1 Å². The Morgan fingerprint density at radius 3 is 1.57 bits per heavy atom. The Labute approximate surface area is 243 Å². The third-order valence-corrected chi connectivity index (χ3v) is 7.28. The Morgan fingerprint density at radius 2 is 1.07 bits per heavy atom. The van der Waals surface area contributed by atoms with Gasteiger partial charge in [-0.1, -0.05) is 121 Å². The maximum absolute atomic E-state index is 11.3. The van der Waals surface area contributed by atoms with Crippen molar-refractivity contribution in [2.24, 2.45) is 0 Å². The van der Waals surface area contributed by atoms with Crippen LogP contribution in [0.15, 0.2) is 30.3 Å². The zero-order chi connectivity index (χ0) is 29.0. The molecule has 0 aromatic heterocycles. The fourth-order valence-electron chi connectivity index (χ4n) is 4.49. The zero-order valence-electron chi connectivity index (χ0n) is 25.0. The molecule has 1 rings (SSSR count). The molecule has 0 aliphatic rings. The number of rotatable bonds is 30. The summed E-state index contributed by atoms with van der Waals surface area (Å²) in [4.78, 5) is 18.5. The average Bonchev–Trinajstić information content (AvgIpc) is 2.93. The zero-order valence-corrected chi connectivity index (χ0v) is 25.9. The predicted octanol–water partition coefficient (Wildman–Crippen LogP) is 7.85. The minimum absolute atomic E-state index is 0.139. The monoisotopic (exact) mass is 588 g/mol. The fourth-order valence-corrected chi connectivity index (χ4v) is 5.05. The van der Waals surface area contributed by atoms with Crippen molar-refractivity contribution in [3.8, 4) is 5.75 Å². The Hall–Kier alpha value is -0.990. The van der Waals surface area contributed by atoms with E-state index in [2.05, 4.69) is 6.92 Å². The van der Waals surface area contributed by atoms with Crippen molar-refractivity contribution in [1.82, 2.24) is 0 Å². The largest absolute Gasteiger partial charge is 0.491 e. The molecule has 0 heterocycles. The van der Waals surface area contributed by atoms with Gasteiger partial charge in [-0.05, 0) is 18.6 Å². The van der Waals surface area contributed by atoms with Gasteiger partial charge in [-0.2, -0.15) is 0 Å². The van der Waals surface area contributed by atoms with Gasteiger partial charge in [0.1, 0.15) is 12.4 Å². The van der Waals surface area contributed by atoms with E-state index in [9.17, 15) is 14.4 Å². The summed E-state index contributed by atoms with van der Waals surface area (Å²) in [6, 6.07) is 9.59. The highest BCUT2D eigenvalue weighted by molar-refractivity contribution is 7.46. The van der Waals surface area contributed by atoms with Crippen LogP contribution in [0.25, 0.3) is 0 Å². The molecule has 0 aliphatic heterocycles. The van der Waals surface area contributed by atoms with E-state index in [1.54, 1.807) is 0 Å². The topological polar surface area (TPSA) is 104 Å². The molecule has 1 aromatic carbocycles. The van der Waals surface area contributed by atoms with Gasteiger partial charge in [0.15, 0.2) is 0 Å². The average molecular weight is 589 g/mol. The molecule has 0 spiro atoms. The maximum Gasteiger partial charge on any atom is 0.469 e. The summed E-state index contributed by atoms with van der Waals surface area (Å²) in [7, 11) is -4.55. The first-order valence-electron chi connectivity index (χ1n) is 15.7. The molecule has 1 unspecified atom stereocenters. The molecule has 40 heavy (non-hydrogen) atoms. The summed E-state index contributed by atoms with van der Waals surface area (Å²) >= 11 is 0. The lowest BCUT2D eigenvalue weighted by atomic mass is 10.0. The maximum atomic E-state index is 11.3. The van der Waals surface area contributed by atoms with Gasteiger partial charge in [0, 0.05) is 0 Å². The van der Waals surface area contributed by atoms with Crippen molar-refractivity contribution in [1.29, 1.82) is 0 Å². The molecule has 2 N–H and O–H groups in total. The minimum Gasteiger partial charge on any atom is -0.491 e. The molecule has 0 aliphatic carbocycles. The highest BCUT2D eigenvalue weighted by atomic mass is 31.2. The number of phosphoric acid groups is 1. The first-order chi connectivity index (χ1) is 19.5. The van der Waals surface area contributed by atoms with Crippen LogP contribution in [0.2, 0.25) is 0 Å². The van der Waals surface area contributed by atoms with E-state index < -0.39 is 13.9 Å². The quantitative estimate of drug-likeness (QED) is 0.0692. The second kappa shape index (κ2) is 26.9. The predicted molar refractivity (Wildman–Crippen MR) is 161 cm³/mol. The Balaban J connectivity index is 1.93. The molecule has 9 heteroatoms. The third kappa shape index (κ3) is 25.9. The first kappa shape index (κ1) is 37.0. The summed E-state index contributed by atoms with van der Waals surface area (Å²) in [5, 5.41) is 0. The third-order valence-electron chi connectivity index (χ3n) is 6.70. The van der Waals surface area contributed by atoms with E-state index >= 15 is 0 Å². The molecule has 8 nitrogen and oxygen atoms in total. The van der Waals surface area contributed by atoms with Crippen LogP contribution in [-0.4, -0.2) is 62.1 Å². The van der Waals surface area contributed by atoms with Crippen molar-refractivity contribution in [2.75, 3.05) is 46.2 Å². The summed E-state index contributed by atoms with van der Waals surface area (Å²) in [5.74, 6) is 0.820. The van der Waals surface area contributed by atoms with E-state index in [-0.39, 0.29) is 6.61 Å². The van der Waals surface area contributed by atoms with Crippen molar-refractivity contribution in [3.05, 3.63) is 30.3 Å². The smallest absolute Gasteiger partial charge is 0.469 e. The van der Waals surface area contributed by atoms with Crippen LogP contribution in [-0.2, 0) is 23.3 Å². The number of para-hydroxylation sites is 1. The highest BCUT2D eigenvalue weighted by Crippen LogP contribution is 2.38. The normalized spacial score (nSPS) is 12.6. The lowest BCUT2D eigenvalue weighted by Crippen LogP contribution is -2.21. The van der Waals surface area contributed by atoms with Crippen molar-refractivity contribution in [2.45, 2.75) is 116 Å². The van der Waals surface area contributed by atoms with Gasteiger partial charge in [-0.25, -0.2) is 4.57 Å².